The number of halogens is 1. The first-order chi connectivity index (χ1) is 9.99. The van der Waals surface area contributed by atoms with Crippen molar-refractivity contribution >= 4 is 34.1 Å². The average Bonchev–Trinajstić information content (AvgIpc) is 3.02. The van der Waals surface area contributed by atoms with Gasteiger partial charge in [-0.15, -0.1) is 22.9 Å². The second-order valence-electron chi connectivity index (χ2n) is 5.24. The third-order valence-corrected chi connectivity index (χ3v) is 4.83. The highest BCUT2D eigenvalue weighted by Crippen LogP contribution is 2.32. The van der Waals surface area contributed by atoms with E-state index in [4.69, 9.17) is 16.6 Å². The van der Waals surface area contributed by atoms with E-state index in [0.717, 1.165) is 27.6 Å². The topological polar surface area (TPSA) is 43.6 Å². The lowest BCUT2D eigenvalue weighted by molar-refractivity contribution is 0.610. The van der Waals surface area contributed by atoms with Crippen molar-refractivity contribution in [2.24, 2.45) is 0 Å². The average molecular weight is 321 g/mol. The van der Waals surface area contributed by atoms with Gasteiger partial charge in [-0.2, -0.15) is 0 Å². The molecule has 0 saturated heterocycles. The minimum absolute atomic E-state index is 0.0687. The van der Waals surface area contributed by atoms with Gasteiger partial charge >= 0.3 is 0 Å². The zero-order chi connectivity index (χ0) is 15.1. The Morgan fingerprint density at radius 1 is 1.24 bits per heavy atom. The predicted octanol–water partition coefficient (Wildman–Crippen LogP) is 4.41. The SMILES string of the molecule is Cc1cnc(C(C)n2c(C(C)Cl)nc3c(C)ccnc32)s1. The zero-order valence-corrected chi connectivity index (χ0v) is 14.0. The molecule has 2 unspecified atom stereocenters. The number of aromatic nitrogens is 4. The molecule has 110 valence electrons. The number of aryl methyl sites for hydroxylation is 2. The maximum absolute atomic E-state index is 6.34. The minimum atomic E-state index is -0.179. The van der Waals surface area contributed by atoms with E-state index in [1.165, 1.54) is 4.88 Å². The Labute approximate surface area is 132 Å². The van der Waals surface area contributed by atoms with Crippen LogP contribution in [0.3, 0.4) is 0 Å². The maximum atomic E-state index is 6.34. The van der Waals surface area contributed by atoms with Gasteiger partial charge in [-0.05, 0) is 39.3 Å². The summed E-state index contributed by atoms with van der Waals surface area (Å²) < 4.78 is 2.11. The van der Waals surface area contributed by atoms with E-state index in [0.29, 0.717) is 0 Å². The first-order valence-corrected chi connectivity index (χ1v) is 8.14. The van der Waals surface area contributed by atoms with Gasteiger partial charge in [-0.3, -0.25) is 0 Å². The molecule has 0 amide bonds. The molecule has 4 nitrogen and oxygen atoms in total. The lowest BCUT2D eigenvalue weighted by atomic mass is 10.2. The number of thiazole rings is 1. The number of hydrogen-bond donors (Lipinski definition) is 0. The Morgan fingerprint density at radius 3 is 2.62 bits per heavy atom. The molecule has 0 saturated carbocycles. The van der Waals surface area contributed by atoms with Crippen LogP contribution in [0.25, 0.3) is 11.2 Å². The van der Waals surface area contributed by atoms with Gasteiger partial charge in [-0.1, -0.05) is 0 Å². The fraction of sp³-hybridized carbons (Fsp3) is 0.400. The van der Waals surface area contributed by atoms with Crippen LogP contribution < -0.4 is 0 Å². The molecule has 0 aromatic carbocycles. The molecule has 0 radical (unpaired) electrons. The molecule has 3 aromatic rings. The maximum Gasteiger partial charge on any atom is 0.160 e. The predicted molar refractivity (Wildman–Crippen MR) is 87.2 cm³/mol. The summed E-state index contributed by atoms with van der Waals surface area (Å²) in [6.45, 7) is 8.16. The van der Waals surface area contributed by atoms with Crippen molar-refractivity contribution < 1.29 is 0 Å². The summed E-state index contributed by atoms with van der Waals surface area (Å²) in [4.78, 5) is 14.9. The monoisotopic (exact) mass is 320 g/mol. The van der Waals surface area contributed by atoms with E-state index in [-0.39, 0.29) is 11.4 Å². The van der Waals surface area contributed by atoms with Crippen LogP contribution in [0.5, 0.6) is 0 Å². The molecular weight excluding hydrogens is 304 g/mol. The molecule has 3 aromatic heterocycles. The highest BCUT2D eigenvalue weighted by Gasteiger charge is 2.23. The van der Waals surface area contributed by atoms with Crippen molar-refractivity contribution in [2.75, 3.05) is 0 Å². The van der Waals surface area contributed by atoms with Crippen LogP contribution in [-0.2, 0) is 0 Å². The van der Waals surface area contributed by atoms with Crippen LogP contribution in [0.15, 0.2) is 18.5 Å². The third kappa shape index (κ3) is 2.45. The smallest absolute Gasteiger partial charge is 0.160 e. The van der Waals surface area contributed by atoms with E-state index >= 15 is 0 Å². The van der Waals surface area contributed by atoms with Crippen LogP contribution in [-0.4, -0.2) is 19.5 Å². The normalized spacial score (nSPS) is 14.5. The highest BCUT2D eigenvalue weighted by molar-refractivity contribution is 7.11. The molecule has 0 bridgehead atoms. The standard InChI is InChI=1S/C15H17ClN4S/c1-8-5-6-17-14-12(8)19-13(10(3)16)20(14)11(4)15-18-7-9(2)21-15/h5-7,10-11H,1-4H3. The summed E-state index contributed by atoms with van der Waals surface area (Å²) >= 11 is 8.04. The van der Waals surface area contributed by atoms with Gasteiger partial charge in [-0.25, -0.2) is 15.0 Å². The van der Waals surface area contributed by atoms with Crippen molar-refractivity contribution in [2.45, 2.75) is 39.1 Å². The first kappa shape index (κ1) is 14.5. The van der Waals surface area contributed by atoms with Gasteiger partial charge in [0.2, 0.25) is 0 Å². The number of imidazole rings is 1. The molecule has 3 rings (SSSR count). The van der Waals surface area contributed by atoms with Crippen molar-refractivity contribution in [1.82, 2.24) is 19.5 Å². The fourth-order valence-corrected chi connectivity index (χ4v) is 3.44. The summed E-state index contributed by atoms with van der Waals surface area (Å²) in [5.74, 6) is 0.841. The lowest BCUT2D eigenvalue weighted by Gasteiger charge is -2.15. The van der Waals surface area contributed by atoms with E-state index in [1.807, 2.05) is 32.3 Å². The molecule has 2 atom stereocenters. The Kier molecular flexibility index (Phi) is 3.71. The van der Waals surface area contributed by atoms with Gasteiger partial charge in [0.15, 0.2) is 5.65 Å². The second kappa shape index (κ2) is 5.39. The number of pyridine rings is 1. The van der Waals surface area contributed by atoms with Crippen LogP contribution >= 0.6 is 22.9 Å². The Morgan fingerprint density at radius 2 is 2.00 bits per heavy atom. The molecular formula is C15H17ClN4S. The van der Waals surface area contributed by atoms with Crippen molar-refractivity contribution in [3.05, 3.63) is 39.7 Å². The first-order valence-electron chi connectivity index (χ1n) is 6.89. The van der Waals surface area contributed by atoms with Crippen molar-refractivity contribution in [3.63, 3.8) is 0 Å². The molecule has 21 heavy (non-hydrogen) atoms. The van der Waals surface area contributed by atoms with Crippen LogP contribution in [0.4, 0.5) is 0 Å². The highest BCUT2D eigenvalue weighted by atomic mass is 35.5. The van der Waals surface area contributed by atoms with Gasteiger partial charge < -0.3 is 4.57 Å². The van der Waals surface area contributed by atoms with E-state index < -0.39 is 0 Å². The largest absolute Gasteiger partial charge is 0.302 e. The summed E-state index contributed by atoms with van der Waals surface area (Å²) in [5, 5.41) is 0.871. The van der Waals surface area contributed by atoms with Gasteiger partial charge in [0.25, 0.3) is 0 Å². The van der Waals surface area contributed by atoms with E-state index in [1.54, 1.807) is 11.3 Å². The molecule has 0 aliphatic rings. The number of hydrogen-bond acceptors (Lipinski definition) is 4. The van der Waals surface area contributed by atoms with Crippen molar-refractivity contribution in [3.8, 4) is 0 Å². The summed E-state index contributed by atoms with van der Waals surface area (Å²) in [6, 6.07) is 2.04. The minimum Gasteiger partial charge on any atom is -0.302 e. The van der Waals surface area contributed by atoms with Crippen molar-refractivity contribution in [1.29, 1.82) is 0 Å². The van der Waals surface area contributed by atoms with Gasteiger partial charge in [0, 0.05) is 17.3 Å². The molecule has 0 aliphatic heterocycles. The number of rotatable bonds is 3. The fourth-order valence-electron chi connectivity index (χ4n) is 2.47. The van der Waals surface area contributed by atoms with Gasteiger partial charge in [0.05, 0.1) is 11.4 Å². The Bertz CT molecular complexity index is 790. The summed E-state index contributed by atoms with van der Waals surface area (Å²) in [6.07, 6.45) is 3.72. The zero-order valence-electron chi connectivity index (χ0n) is 12.5. The number of fused-ring (bicyclic) bond motifs is 1. The van der Waals surface area contributed by atoms with E-state index in [9.17, 15) is 0 Å². The molecule has 0 spiro atoms. The Balaban J connectivity index is 2.24. The number of alkyl halides is 1. The number of nitrogens with zero attached hydrogens (tertiary/aromatic N) is 4. The molecule has 6 heteroatoms. The second-order valence-corrected chi connectivity index (χ2v) is 7.16. The quantitative estimate of drug-likeness (QED) is 0.671. The molecule has 0 fully saturated rings. The third-order valence-electron chi connectivity index (χ3n) is 3.55. The summed E-state index contributed by atoms with van der Waals surface area (Å²) in [5.41, 5.74) is 2.90. The Hall–Kier alpha value is -1.46. The van der Waals surface area contributed by atoms with Crippen LogP contribution in [0, 0.1) is 13.8 Å². The lowest BCUT2D eigenvalue weighted by Crippen LogP contribution is -2.11. The van der Waals surface area contributed by atoms with Crippen LogP contribution in [0.1, 0.15) is 46.5 Å². The molecule has 3 heterocycles. The molecule has 0 N–H and O–H groups in total. The summed E-state index contributed by atoms with van der Waals surface area (Å²) in [7, 11) is 0. The molecule has 0 aliphatic carbocycles. The van der Waals surface area contributed by atoms with E-state index in [2.05, 4.69) is 28.4 Å². The van der Waals surface area contributed by atoms with Crippen LogP contribution in [0.2, 0.25) is 0 Å². The van der Waals surface area contributed by atoms with Gasteiger partial charge in [0.1, 0.15) is 16.3 Å².